The van der Waals surface area contributed by atoms with Crippen LogP contribution in [0.1, 0.15) is 36.2 Å². The molecule has 0 spiro atoms. The lowest BCUT2D eigenvalue weighted by Crippen LogP contribution is -2.45. The standard InChI is InChI=1S/C22H22BrClN2O4/c1-13(2)11-19(22(29)30)26-21(28)18(12-14-3-9-17(24)10-4-14)25-20(27)15-5-7-16(23)8-6-15/h3-10,12-13,19H,11H2,1-2H3,(H,25,27)(H,26,28)(H,29,30). The average molecular weight is 494 g/mol. The molecule has 2 aromatic carbocycles. The van der Waals surface area contributed by atoms with E-state index < -0.39 is 23.8 Å². The van der Waals surface area contributed by atoms with Crippen LogP contribution in [0, 0.1) is 5.92 Å². The van der Waals surface area contributed by atoms with Gasteiger partial charge >= 0.3 is 5.97 Å². The van der Waals surface area contributed by atoms with Gasteiger partial charge in [0, 0.05) is 15.1 Å². The van der Waals surface area contributed by atoms with Gasteiger partial charge in [-0.05, 0) is 60.4 Å². The summed E-state index contributed by atoms with van der Waals surface area (Å²) in [6, 6.07) is 12.2. The zero-order valence-electron chi connectivity index (χ0n) is 16.5. The zero-order valence-corrected chi connectivity index (χ0v) is 18.8. The Morgan fingerprint density at radius 3 is 2.20 bits per heavy atom. The van der Waals surface area contributed by atoms with Crippen molar-refractivity contribution in [3.63, 3.8) is 0 Å². The molecule has 0 radical (unpaired) electrons. The highest BCUT2D eigenvalue weighted by Gasteiger charge is 2.24. The lowest BCUT2D eigenvalue weighted by Gasteiger charge is -2.18. The van der Waals surface area contributed by atoms with Crippen LogP contribution in [0.3, 0.4) is 0 Å². The van der Waals surface area contributed by atoms with Crippen LogP contribution in [-0.4, -0.2) is 28.9 Å². The molecule has 0 saturated carbocycles. The number of carboxylic acids is 1. The highest BCUT2D eigenvalue weighted by molar-refractivity contribution is 9.10. The van der Waals surface area contributed by atoms with Crippen molar-refractivity contribution < 1.29 is 19.5 Å². The number of halogens is 2. The average Bonchev–Trinajstić information content (AvgIpc) is 2.68. The van der Waals surface area contributed by atoms with Crippen LogP contribution in [0.4, 0.5) is 0 Å². The van der Waals surface area contributed by atoms with Crippen molar-refractivity contribution in [2.75, 3.05) is 0 Å². The lowest BCUT2D eigenvalue weighted by atomic mass is 10.0. The molecule has 0 fully saturated rings. The fraction of sp³-hybridized carbons (Fsp3) is 0.227. The Morgan fingerprint density at radius 1 is 1.07 bits per heavy atom. The molecule has 2 aromatic rings. The van der Waals surface area contributed by atoms with Gasteiger partial charge in [0.05, 0.1) is 0 Å². The Kier molecular flexibility index (Phi) is 8.62. The van der Waals surface area contributed by atoms with Gasteiger partial charge in [0.15, 0.2) is 0 Å². The third-order valence-corrected chi connectivity index (χ3v) is 4.87. The number of carbonyl (C=O) groups excluding carboxylic acids is 2. The van der Waals surface area contributed by atoms with Crippen LogP contribution in [-0.2, 0) is 9.59 Å². The second-order valence-electron chi connectivity index (χ2n) is 7.06. The summed E-state index contributed by atoms with van der Waals surface area (Å²) in [6.45, 7) is 3.73. The van der Waals surface area contributed by atoms with Gasteiger partial charge in [-0.15, -0.1) is 0 Å². The van der Waals surface area contributed by atoms with Crippen molar-refractivity contribution >= 4 is 51.4 Å². The molecule has 2 amide bonds. The largest absolute Gasteiger partial charge is 0.480 e. The maximum atomic E-state index is 12.8. The molecule has 30 heavy (non-hydrogen) atoms. The highest BCUT2D eigenvalue weighted by Crippen LogP contribution is 2.14. The number of hydrogen-bond acceptors (Lipinski definition) is 3. The predicted octanol–water partition coefficient (Wildman–Crippen LogP) is 4.49. The number of carbonyl (C=O) groups is 3. The molecule has 0 aliphatic rings. The van der Waals surface area contributed by atoms with Crippen molar-refractivity contribution in [2.24, 2.45) is 5.92 Å². The topological polar surface area (TPSA) is 95.5 Å². The fourth-order valence-corrected chi connectivity index (χ4v) is 3.00. The lowest BCUT2D eigenvalue weighted by molar-refractivity contribution is -0.141. The molecule has 0 bridgehead atoms. The smallest absolute Gasteiger partial charge is 0.326 e. The van der Waals surface area contributed by atoms with E-state index in [1.165, 1.54) is 6.08 Å². The van der Waals surface area contributed by atoms with Crippen molar-refractivity contribution in [2.45, 2.75) is 26.3 Å². The van der Waals surface area contributed by atoms with Gasteiger partial charge in [0.25, 0.3) is 11.8 Å². The molecule has 0 saturated heterocycles. The first kappa shape index (κ1) is 23.6. The number of rotatable bonds is 8. The third-order valence-electron chi connectivity index (χ3n) is 4.09. The van der Waals surface area contributed by atoms with E-state index in [2.05, 4.69) is 26.6 Å². The summed E-state index contributed by atoms with van der Waals surface area (Å²) < 4.78 is 0.812. The normalized spacial score (nSPS) is 12.4. The third kappa shape index (κ3) is 7.31. The van der Waals surface area contributed by atoms with E-state index in [1.54, 1.807) is 48.5 Å². The van der Waals surface area contributed by atoms with Gasteiger partial charge in [0.2, 0.25) is 0 Å². The number of hydrogen-bond donors (Lipinski definition) is 3. The summed E-state index contributed by atoms with van der Waals surface area (Å²) in [5.74, 6) is -2.26. The van der Waals surface area contributed by atoms with Gasteiger partial charge < -0.3 is 15.7 Å². The van der Waals surface area contributed by atoms with E-state index in [0.717, 1.165) is 4.47 Å². The molecular weight excluding hydrogens is 472 g/mol. The first-order valence-electron chi connectivity index (χ1n) is 9.23. The molecule has 8 heteroatoms. The van der Waals surface area contributed by atoms with Gasteiger partial charge in [0.1, 0.15) is 11.7 Å². The Balaban J connectivity index is 2.31. The number of nitrogens with one attached hydrogen (secondary N) is 2. The van der Waals surface area contributed by atoms with E-state index in [4.69, 9.17) is 11.6 Å². The maximum Gasteiger partial charge on any atom is 0.326 e. The molecule has 0 heterocycles. The molecule has 158 valence electrons. The van der Waals surface area contributed by atoms with Crippen molar-refractivity contribution in [3.8, 4) is 0 Å². The molecule has 2 rings (SSSR count). The summed E-state index contributed by atoms with van der Waals surface area (Å²) in [5, 5.41) is 15.0. The highest BCUT2D eigenvalue weighted by atomic mass is 79.9. The van der Waals surface area contributed by atoms with Crippen LogP contribution >= 0.6 is 27.5 Å². The van der Waals surface area contributed by atoms with E-state index >= 15 is 0 Å². The minimum Gasteiger partial charge on any atom is -0.480 e. The van der Waals surface area contributed by atoms with E-state index in [9.17, 15) is 19.5 Å². The Morgan fingerprint density at radius 2 is 1.67 bits per heavy atom. The molecule has 0 aliphatic carbocycles. The van der Waals surface area contributed by atoms with Crippen LogP contribution < -0.4 is 10.6 Å². The fourth-order valence-electron chi connectivity index (χ4n) is 2.61. The van der Waals surface area contributed by atoms with Crippen molar-refractivity contribution in [1.82, 2.24) is 10.6 Å². The summed E-state index contributed by atoms with van der Waals surface area (Å²) in [7, 11) is 0. The van der Waals surface area contributed by atoms with Crippen LogP contribution in [0.15, 0.2) is 58.7 Å². The minimum absolute atomic E-state index is 0.0625. The molecule has 6 nitrogen and oxygen atoms in total. The number of carboxylic acid groups (broad SMARTS) is 1. The minimum atomic E-state index is -1.14. The second-order valence-corrected chi connectivity index (χ2v) is 8.42. The molecule has 1 atom stereocenters. The predicted molar refractivity (Wildman–Crippen MR) is 120 cm³/mol. The number of benzene rings is 2. The monoisotopic (exact) mass is 492 g/mol. The van der Waals surface area contributed by atoms with Gasteiger partial charge in [-0.3, -0.25) is 9.59 Å². The van der Waals surface area contributed by atoms with E-state index in [-0.39, 0.29) is 18.0 Å². The number of amides is 2. The second kappa shape index (κ2) is 10.9. The van der Waals surface area contributed by atoms with Gasteiger partial charge in [-0.2, -0.15) is 0 Å². The van der Waals surface area contributed by atoms with Crippen LogP contribution in [0.2, 0.25) is 5.02 Å². The van der Waals surface area contributed by atoms with Gasteiger partial charge in [-0.25, -0.2) is 4.79 Å². The Bertz CT molecular complexity index is 941. The first-order valence-corrected chi connectivity index (χ1v) is 10.4. The summed E-state index contributed by atoms with van der Waals surface area (Å²) in [4.78, 5) is 37.0. The maximum absolute atomic E-state index is 12.8. The molecule has 3 N–H and O–H groups in total. The summed E-state index contributed by atoms with van der Waals surface area (Å²) in [5.41, 5.74) is 0.904. The molecule has 1 unspecified atom stereocenters. The SMILES string of the molecule is CC(C)CC(NC(=O)C(=Cc1ccc(Cl)cc1)NC(=O)c1ccc(Br)cc1)C(=O)O. The Hall–Kier alpha value is -2.64. The van der Waals surface area contributed by atoms with E-state index in [0.29, 0.717) is 16.1 Å². The van der Waals surface area contributed by atoms with Crippen LogP contribution in [0.25, 0.3) is 6.08 Å². The first-order chi connectivity index (χ1) is 14.2. The van der Waals surface area contributed by atoms with Gasteiger partial charge in [-0.1, -0.05) is 53.5 Å². The molecule has 0 aliphatic heterocycles. The Labute approximate surface area is 188 Å². The van der Waals surface area contributed by atoms with Crippen LogP contribution in [0.5, 0.6) is 0 Å². The molecular formula is C22H22BrClN2O4. The van der Waals surface area contributed by atoms with E-state index in [1.807, 2.05) is 13.8 Å². The summed E-state index contributed by atoms with van der Waals surface area (Å²) in [6.07, 6.45) is 1.73. The van der Waals surface area contributed by atoms with Crippen molar-refractivity contribution in [1.29, 1.82) is 0 Å². The van der Waals surface area contributed by atoms with Crippen molar-refractivity contribution in [3.05, 3.63) is 74.9 Å². The zero-order chi connectivity index (χ0) is 22.3. The quantitative estimate of drug-likeness (QED) is 0.472. The number of aliphatic carboxylic acids is 1. The molecule has 0 aromatic heterocycles. The summed E-state index contributed by atoms with van der Waals surface area (Å²) >= 11 is 9.21.